The van der Waals surface area contributed by atoms with E-state index in [1.54, 1.807) is 22.9 Å². The summed E-state index contributed by atoms with van der Waals surface area (Å²) in [6.45, 7) is 17.8. The van der Waals surface area contributed by atoms with Crippen LogP contribution in [0, 0.1) is 6.92 Å². The zero-order chi connectivity index (χ0) is 28.6. The third-order valence-corrected chi connectivity index (χ3v) is 7.43. The summed E-state index contributed by atoms with van der Waals surface area (Å²) in [7, 11) is 0. The lowest BCUT2D eigenvalue weighted by molar-refractivity contribution is 0.102. The maximum atomic E-state index is 13.0. The number of nitrogens with zero attached hydrogens (tertiary/aromatic N) is 7. The van der Waals surface area contributed by atoms with E-state index in [1.165, 1.54) is 0 Å². The van der Waals surface area contributed by atoms with Gasteiger partial charge in [0.15, 0.2) is 5.82 Å². The third-order valence-electron chi connectivity index (χ3n) is 7.43. The number of carbonyl (C=O) groups excluding carboxylic acids is 1. The number of pyridine rings is 1. The molecule has 1 N–H and O–H groups in total. The maximum absolute atomic E-state index is 13.0. The molecule has 0 aliphatic carbocycles. The predicted octanol–water partition coefficient (Wildman–Crippen LogP) is 5.09. The molecule has 1 aromatic carbocycles. The van der Waals surface area contributed by atoms with Crippen molar-refractivity contribution in [3.05, 3.63) is 65.8 Å². The van der Waals surface area contributed by atoms with E-state index < -0.39 is 0 Å². The number of benzene rings is 1. The van der Waals surface area contributed by atoms with Crippen LogP contribution in [0.25, 0.3) is 16.9 Å². The number of aromatic nitrogens is 5. The highest BCUT2D eigenvalue weighted by atomic mass is 16.5. The van der Waals surface area contributed by atoms with Gasteiger partial charge in [0.05, 0.1) is 23.8 Å². The summed E-state index contributed by atoms with van der Waals surface area (Å²) < 4.78 is 7.09. The summed E-state index contributed by atoms with van der Waals surface area (Å²) in [5.74, 6) is 0.806. The van der Waals surface area contributed by atoms with Gasteiger partial charge in [0.2, 0.25) is 0 Å². The van der Waals surface area contributed by atoms with Crippen molar-refractivity contribution in [2.75, 3.05) is 29.9 Å². The van der Waals surface area contributed by atoms with Gasteiger partial charge in [0.1, 0.15) is 11.5 Å². The van der Waals surface area contributed by atoms with Gasteiger partial charge in [-0.1, -0.05) is 37.2 Å². The standard InChI is InChI=1S/C30H38N8O2/c1-19(2)37-11-10-36(17-21(37)4)24-12-23(15-31-16-24)25-18-38(35-33-25)26-13-22(9-8-20(26)3)29(39)32-28-14-27(40-34-28)30(5,6)7/h8-9,12-16,18-19,21H,10-11,17H2,1-7H3,(H,32,34,39). The maximum Gasteiger partial charge on any atom is 0.256 e. The van der Waals surface area contributed by atoms with E-state index in [0.717, 1.165) is 47.8 Å². The number of anilines is 2. The Morgan fingerprint density at radius 3 is 2.62 bits per heavy atom. The Balaban J connectivity index is 1.33. The van der Waals surface area contributed by atoms with Crippen LogP contribution in [0.2, 0.25) is 0 Å². The number of rotatable bonds is 6. The van der Waals surface area contributed by atoms with Crippen LogP contribution in [-0.2, 0) is 5.41 Å². The molecule has 1 unspecified atom stereocenters. The Bertz CT molecular complexity index is 1500. The van der Waals surface area contributed by atoms with Crippen LogP contribution >= 0.6 is 0 Å². The minimum Gasteiger partial charge on any atom is -0.367 e. The number of hydrogen-bond acceptors (Lipinski definition) is 8. The van der Waals surface area contributed by atoms with Gasteiger partial charge >= 0.3 is 0 Å². The van der Waals surface area contributed by atoms with Crippen LogP contribution in [0.1, 0.15) is 63.2 Å². The van der Waals surface area contributed by atoms with Gasteiger partial charge in [0, 0.05) is 60.5 Å². The largest absolute Gasteiger partial charge is 0.367 e. The van der Waals surface area contributed by atoms with E-state index in [4.69, 9.17) is 4.52 Å². The van der Waals surface area contributed by atoms with Crippen molar-refractivity contribution >= 4 is 17.4 Å². The second-order valence-corrected chi connectivity index (χ2v) is 11.9. The minimum absolute atomic E-state index is 0.200. The first kappa shape index (κ1) is 27.5. The van der Waals surface area contributed by atoms with Crippen LogP contribution < -0.4 is 10.2 Å². The van der Waals surface area contributed by atoms with Gasteiger partial charge < -0.3 is 14.7 Å². The summed E-state index contributed by atoms with van der Waals surface area (Å²) in [4.78, 5) is 22.4. The van der Waals surface area contributed by atoms with E-state index in [2.05, 4.69) is 62.4 Å². The normalized spacial score (nSPS) is 16.5. The lowest BCUT2D eigenvalue weighted by Crippen LogP contribution is -2.54. The fourth-order valence-electron chi connectivity index (χ4n) is 5.10. The highest BCUT2D eigenvalue weighted by Crippen LogP contribution is 2.27. The van der Waals surface area contributed by atoms with E-state index >= 15 is 0 Å². The molecule has 0 radical (unpaired) electrons. The van der Waals surface area contributed by atoms with Crippen LogP contribution in [0.15, 0.2) is 53.4 Å². The van der Waals surface area contributed by atoms with Crippen LogP contribution in [0.3, 0.4) is 0 Å². The van der Waals surface area contributed by atoms with Gasteiger partial charge in [-0.25, -0.2) is 4.68 Å². The lowest BCUT2D eigenvalue weighted by atomic mass is 9.93. The van der Waals surface area contributed by atoms with Crippen molar-refractivity contribution in [2.24, 2.45) is 0 Å². The molecule has 0 saturated carbocycles. The Morgan fingerprint density at radius 2 is 1.93 bits per heavy atom. The van der Waals surface area contributed by atoms with E-state index in [9.17, 15) is 4.79 Å². The van der Waals surface area contributed by atoms with Crippen molar-refractivity contribution in [1.82, 2.24) is 30.0 Å². The monoisotopic (exact) mass is 542 g/mol. The quantitative estimate of drug-likeness (QED) is 0.359. The van der Waals surface area contributed by atoms with Crippen molar-refractivity contribution < 1.29 is 9.32 Å². The molecule has 4 aromatic rings. The molecule has 10 heteroatoms. The number of amides is 1. The molecule has 1 aliphatic rings. The molecule has 1 atom stereocenters. The predicted molar refractivity (Wildman–Crippen MR) is 156 cm³/mol. The minimum atomic E-state index is -0.279. The average molecular weight is 543 g/mol. The summed E-state index contributed by atoms with van der Waals surface area (Å²) in [6.07, 6.45) is 5.60. The van der Waals surface area contributed by atoms with Crippen LogP contribution in [0.4, 0.5) is 11.5 Å². The highest BCUT2D eigenvalue weighted by Gasteiger charge is 2.26. The van der Waals surface area contributed by atoms with E-state index in [0.29, 0.717) is 29.2 Å². The first-order chi connectivity index (χ1) is 19.0. The second-order valence-electron chi connectivity index (χ2n) is 11.9. The second kappa shape index (κ2) is 10.8. The third kappa shape index (κ3) is 5.77. The van der Waals surface area contributed by atoms with Crippen LogP contribution in [-0.4, -0.2) is 67.7 Å². The number of nitrogens with one attached hydrogen (secondary N) is 1. The van der Waals surface area contributed by atoms with Gasteiger partial charge in [0.25, 0.3) is 5.91 Å². The van der Waals surface area contributed by atoms with E-state index in [1.807, 2.05) is 52.4 Å². The lowest BCUT2D eigenvalue weighted by Gasteiger charge is -2.43. The summed E-state index contributed by atoms with van der Waals surface area (Å²) >= 11 is 0. The summed E-state index contributed by atoms with van der Waals surface area (Å²) in [5, 5.41) is 15.6. The molecule has 0 bridgehead atoms. The van der Waals surface area contributed by atoms with Gasteiger partial charge in [-0.3, -0.25) is 14.7 Å². The zero-order valence-electron chi connectivity index (χ0n) is 24.3. The SMILES string of the molecule is Cc1ccc(C(=O)Nc2cc(C(C)(C)C)on2)cc1-n1cc(-c2cncc(N3CCN(C(C)C)C(C)C3)c2)nn1. The molecule has 1 fully saturated rings. The topological polar surface area (TPSA) is 105 Å². The molecule has 40 heavy (non-hydrogen) atoms. The Morgan fingerprint density at radius 1 is 1.12 bits per heavy atom. The molecule has 4 heterocycles. The molecule has 1 aliphatic heterocycles. The van der Waals surface area contributed by atoms with E-state index in [-0.39, 0.29) is 11.3 Å². The first-order valence-electron chi connectivity index (χ1n) is 13.8. The Labute approximate surface area is 235 Å². The fraction of sp³-hybridized carbons (Fsp3) is 0.433. The Kier molecular flexibility index (Phi) is 7.46. The average Bonchev–Trinajstić information content (AvgIpc) is 3.59. The zero-order valence-corrected chi connectivity index (χ0v) is 24.3. The van der Waals surface area contributed by atoms with Gasteiger partial charge in [-0.2, -0.15) is 0 Å². The molecule has 3 aromatic heterocycles. The van der Waals surface area contributed by atoms with Gasteiger partial charge in [-0.15, -0.1) is 5.10 Å². The molecule has 210 valence electrons. The number of hydrogen-bond donors (Lipinski definition) is 1. The van der Waals surface area contributed by atoms with Crippen molar-refractivity contribution in [1.29, 1.82) is 0 Å². The van der Waals surface area contributed by atoms with Crippen molar-refractivity contribution in [3.8, 4) is 16.9 Å². The summed E-state index contributed by atoms with van der Waals surface area (Å²) in [5.41, 5.74) is 4.72. The smallest absolute Gasteiger partial charge is 0.256 e. The molecule has 10 nitrogen and oxygen atoms in total. The first-order valence-corrected chi connectivity index (χ1v) is 13.8. The molecular weight excluding hydrogens is 504 g/mol. The van der Waals surface area contributed by atoms with Crippen molar-refractivity contribution in [2.45, 2.75) is 66.0 Å². The number of piperazine rings is 1. The highest BCUT2D eigenvalue weighted by molar-refractivity contribution is 6.04. The van der Waals surface area contributed by atoms with Crippen molar-refractivity contribution in [3.63, 3.8) is 0 Å². The van der Waals surface area contributed by atoms with Gasteiger partial charge in [-0.05, 0) is 51.5 Å². The molecule has 0 spiro atoms. The summed E-state index contributed by atoms with van der Waals surface area (Å²) in [6, 6.07) is 10.4. The van der Waals surface area contributed by atoms with Crippen LogP contribution in [0.5, 0.6) is 0 Å². The molecular formula is C30H38N8O2. The number of carbonyl (C=O) groups is 1. The number of aryl methyl sites for hydroxylation is 1. The Hall–Kier alpha value is -4.05. The molecule has 5 rings (SSSR count). The molecule has 1 saturated heterocycles. The fourth-order valence-corrected chi connectivity index (χ4v) is 5.10. The molecule has 1 amide bonds.